The molecule has 1 fully saturated rings. The largest absolute Gasteiger partial charge is 0.381 e. The Morgan fingerprint density at radius 1 is 1.27 bits per heavy atom. The van der Waals surface area contributed by atoms with Crippen LogP contribution in [0.4, 0.5) is 0 Å². The summed E-state index contributed by atoms with van der Waals surface area (Å²) in [5.41, 5.74) is 0. The first kappa shape index (κ1) is 21.9. The molecular weight excluding hydrogens is 391 g/mol. The molecule has 0 radical (unpaired) electrons. The third-order valence-corrected chi connectivity index (χ3v) is 3.92. The van der Waals surface area contributed by atoms with Crippen molar-refractivity contribution in [2.45, 2.75) is 33.6 Å². The molecule has 22 heavy (non-hydrogen) atoms. The molecule has 0 bridgehead atoms. The fraction of sp³-hybridized carbons (Fsp3) is 0.938. The van der Waals surface area contributed by atoms with Crippen molar-refractivity contribution in [2.24, 2.45) is 10.9 Å². The van der Waals surface area contributed by atoms with E-state index in [2.05, 4.69) is 42.9 Å². The van der Waals surface area contributed by atoms with Gasteiger partial charge in [0, 0.05) is 39.2 Å². The summed E-state index contributed by atoms with van der Waals surface area (Å²) >= 11 is 0. The van der Waals surface area contributed by atoms with E-state index in [0.717, 1.165) is 58.4 Å². The van der Waals surface area contributed by atoms with E-state index >= 15 is 0 Å². The monoisotopic (exact) mass is 426 g/mol. The third-order valence-electron chi connectivity index (χ3n) is 3.92. The van der Waals surface area contributed by atoms with Crippen molar-refractivity contribution >= 4 is 29.9 Å². The van der Waals surface area contributed by atoms with Gasteiger partial charge >= 0.3 is 0 Å². The van der Waals surface area contributed by atoms with Gasteiger partial charge in [0.2, 0.25) is 0 Å². The zero-order chi connectivity index (χ0) is 15.5. The minimum absolute atomic E-state index is 0. The maximum Gasteiger partial charge on any atom is 0.193 e. The van der Waals surface area contributed by atoms with Gasteiger partial charge in [0.05, 0.1) is 13.2 Å². The lowest BCUT2D eigenvalue weighted by atomic mass is 10.1. The molecule has 5 nitrogen and oxygen atoms in total. The summed E-state index contributed by atoms with van der Waals surface area (Å²) in [6, 6.07) is 0. The fourth-order valence-electron chi connectivity index (χ4n) is 2.71. The molecule has 1 rings (SSSR count). The number of nitrogens with one attached hydrogen (secondary N) is 1. The van der Waals surface area contributed by atoms with Gasteiger partial charge in [-0.05, 0) is 32.9 Å². The molecular formula is C16H35IN4O. The molecule has 0 aromatic heterocycles. The minimum Gasteiger partial charge on any atom is -0.381 e. The number of hydrogen-bond acceptors (Lipinski definition) is 3. The average Bonchev–Trinajstić information content (AvgIpc) is 2.98. The van der Waals surface area contributed by atoms with Crippen LogP contribution >= 0.6 is 24.0 Å². The Balaban J connectivity index is 0.00000441. The molecule has 1 unspecified atom stereocenters. The quantitative estimate of drug-likeness (QED) is 0.349. The molecule has 0 amide bonds. The molecule has 0 saturated carbocycles. The summed E-state index contributed by atoms with van der Waals surface area (Å²) in [5.74, 6) is 1.67. The van der Waals surface area contributed by atoms with E-state index in [4.69, 9.17) is 9.73 Å². The number of aliphatic imine (C=N–C) groups is 1. The van der Waals surface area contributed by atoms with E-state index in [1.54, 1.807) is 0 Å². The highest BCUT2D eigenvalue weighted by molar-refractivity contribution is 14.0. The van der Waals surface area contributed by atoms with Crippen LogP contribution in [0.1, 0.15) is 33.6 Å². The van der Waals surface area contributed by atoms with Gasteiger partial charge in [0.15, 0.2) is 5.96 Å². The van der Waals surface area contributed by atoms with Gasteiger partial charge < -0.3 is 19.9 Å². The van der Waals surface area contributed by atoms with Crippen LogP contribution in [-0.4, -0.2) is 75.3 Å². The van der Waals surface area contributed by atoms with Crippen molar-refractivity contribution in [1.82, 2.24) is 15.1 Å². The number of hydrogen-bond donors (Lipinski definition) is 1. The second-order valence-corrected chi connectivity index (χ2v) is 5.78. The molecule has 0 aliphatic carbocycles. The van der Waals surface area contributed by atoms with Gasteiger partial charge in [-0.1, -0.05) is 13.8 Å². The second kappa shape index (κ2) is 13.4. The lowest BCUT2D eigenvalue weighted by molar-refractivity contribution is 0.181. The Morgan fingerprint density at radius 3 is 2.59 bits per heavy atom. The minimum atomic E-state index is 0. The van der Waals surface area contributed by atoms with Gasteiger partial charge in [-0.3, -0.25) is 4.99 Å². The number of ether oxygens (including phenoxy) is 1. The highest BCUT2D eigenvalue weighted by atomic mass is 127. The molecule has 6 heteroatoms. The summed E-state index contributed by atoms with van der Waals surface area (Å²) in [5, 5.41) is 3.40. The number of likely N-dealkylation sites (N-methyl/N-ethyl adjacent to an activating group) is 1. The number of nitrogens with zero attached hydrogens (tertiary/aromatic N) is 3. The van der Waals surface area contributed by atoms with Crippen molar-refractivity contribution in [3.63, 3.8) is 0 Å². The van der Waals surface area contributed by atoms with Crippen molar-refractivity contribution in [3.8, 4) is 0 Å². The third kappa shape index (κ3) is 8.53. The first-order valence-electron chi connectivity index (χ1n) is 8.50. The Kier molecular flexibility index (Phi) is 13.3. The summed E-state index contributed by atoms with van der Waals surface area (Å²) in [4.78, 5) is 9.48. The summed E-state index contributed by atoms with van der Waals surface area (Å²) < 4.78 is 5.46. The predicted octanol–water partition coefficient (Wildman–Crippen LogP) is 2.27. The van der Waals surface area contributed by atoms with E-state index in [9.17, 15) is 0 Å². The van der Waals surface area contributed by atoms with Crippen LogP contribution in [0.3, 0.4) is 0 Å². The maximum atomic E-state index is 5.46. The lowest BCUT2D eigenvalue weighted by Crippen LogP contribution is -2.42. The van der Waals surface area contributed by atoms with Crippen LogP contribution in [0.25, 0.3) is 0 Å². The van der Waals surface area contributed by atoms with Crippen molar-refractivity contribution in [3.05, 3.63) is 0 Å². The molecule has 0 spiro atoms. The number of halogens is 1. The summed E-state index contributed by atoms with van der Waals surface area (Å²) in [6.45, 7) is 14.5. The topological polar surface area (TPSA) is 40.1 Å². The predicted molar refractivity (Wildman–Crippen MR) is 105 cm³/mol. The molecule has 1 saturated heterocycles. The van der Waals surface area contributed by atoms with Gasteiger partial charge in [-0.2, -0.15) is 0 Å². The second-order valence-electron chi connectivity index (χ2n) is 5.78. The Labute approximate surface area is 153 Å². The van der Waals surface area contributed by atoms with Crippen LogP contribution in [0.15, 0.2) is 4.99 Å². The number of rotatable bonds is 9. The Bertz CT molecular complexity index is 296. The highest BCUT2D eigenvalue weighted by Gasteiger charge is 2.18. The highest BCUT2D eigenvalue weighted by Crippen LogP contribution is 2.13. The fourth-order valence-corrected chi connectivity index (χ4v) is 2.71. The molecule has 1 atom stereocenters. The maximum absolute atomic E-state index is 5.46. The first-order chi connectivity index (χ1) is 10.2. The van der Waals surface area contributed by atoms with Crippen LogP contribution in [0.2, 0.25) is 0 Å². The SMILES string of the molecule is CCCN(CC)CCN=C(NCC)N(C)CC1CCOC1.I. The van der Waals surface area contributed by atoms with Gasteiger partial charge in [0.1, 0.15) is 0 Å². The molecule has 0 aromatic rings. The smallest absolute Gasteiger partial charge is 0.193 e. The van der Waals surface area contributed by atoms with E-state index in [1.807, 2.05) is 0 Å². The Hall–Kier alpha value is -0.0800. The number of guanidine groups is 1. The molecule has 1 aliphatic rings. The van der Waals surface area contributed by atoms with Crippen molar-refractivity contribution in [1.29, 1.82) is 0 Å². The zero-order valence-electron chi connectivity index (χ0n) is 14.8. The van der Waals surface area contributed by atoms with Crippen LogP contribution in [0, 0.1) is 5.92 Å². The van der Waals surface area contributed by atoms with E-state index < -0.39 is 0 Å². The molecule has 0 aromatic carbocycles. The zero-order valence-corrected chi connectivity index (χ0v) is 17.1. The van der Waals surface area contributed by atoms with Gasteiger partial charge in [-0.25, -0.2) is 0 Å². The lowest BCUT2D eigenvalue weighted by Gasteiger charge is -2.25. The first-order valence-corrected chi connectivity index (χ1v) is 8.50. The van der Waals surface area contributed by atoms with Crippen LogP contribution in [-0.2, 0) is 4.74 Å². The Morgan fingerprint density at radius 2 is 2.05 bits per heavy atom. The van der Waals surface area contributed by atoms with E-state index in [1.165, 1.54) is 12.8 Å². The molecule has 1 heterocycles. The molecule has 1 N–H and O–H groups in total. The molecule has 132 valence electrons. The van der Waals surface area contributed by atoms with E-state index in [0.29, 0.717) is 5.92 Å². The van der Waals surface area contributed by atoms with Gasteiger partial charge in [0.25, 0.3) is 0 Å². The summed E-state index contributed by atoms with van der Waals surface area (Å²) in [7, 11) is 2.13. The van der Waals surface area contributed by atoms with Crippen molar-refractivity contribution < 1.29 is 4.74 Å². The average molecular weight is 426 g/mol. The van der Waals surface area contributed by atoms with E-state index in [-0.39, 0.29) is 24.0 Å². The summed E-state index contributed by atoms with van der Waals surface area (Å²) in [6.07, 6.45) is 2.38. The van der Waals surface area contributed by atoms with Crippen LogP contribution in [0.5, 0.6) is 0 Å². The van der Waals surface area contributed by atoms with Crippen LogP contribution < -0.4 is 5.32 Å². The van der Waals surface area contributed by atoms with Crippen molar-refractivity contribution in [2.75, 3.05) is 59.5 Å². The normalized spacial score (nSPS) is 18.4. The van der Waals surface area contributed by atoms with Gasteiger partial charge in [-0.15, -0.1) is 24.0 Å². The standard InChI is InChI=1S/C16H34N4O.HI/c1-5-10-20(7-3)11-9-18-16(17-6-2)19(4)13-15-8-12-21-14-15;/h15H,5-14H2,1-4H3,(H,17,18);1H. The molecule has 1 aliphatic heterocycles.